The lowest BCUT2D eigenvalue weighted by molar-refractivity contribution is 0.989. The smallest absolute Gasteiger partial charge is 0.159 e. The number of thiophene rings is 1. The molecule has 0 saturated carbocycles. The molecule has 5 heteroatoms. The van der Waals surface area contributed by atoms with Gasteiger partial charge in [0.05, 0.1) is 0 Å². The molecule has 0 radical (unpaired) electrons. The minimum absolute atomic E-state index is 0.444. The molecule has 2 aromatic heterocycles. The van der Waals surface area contributed by atoms with Crippen molar-refractivity contribution >= 4 is 39.5 Å². The molecule has 0 aliphatic carbocycles. The van der Waals surface area contributed by atoms with E-state index in [1.54, 1.807) is 11.3 Å². The minimum Gasteiger partial charge on any atom is -0.368 e. The van der Waals surface area contributed by atoms with Gasteiger partial charge in [0, 0.05) is 22.2 Å². The van der Waals surface area contributed by atoms with Gasteiger partial charge in [0.1, 0.15) is 0 Å². The van der Waals surface area contributed by atoms with Gasteiger partial charge in [-0.05, 0) is 17.9 Å². The summed E-state index contributed by atoms with van der Waals surface area (Å²) in [4.78, 5) is 1.36. The fourth-order valence-corrected chi connectivity index (χ4v) is 2.87. The largest absolute Gasteiger partial charge is 0.368 e. The molecule has 3 aromatic rings. The predicted octanol–water partition coefficient (Wildman–Crippen LogP) is 4.00. The van der Waals surface area contributed by atoms with Gasteiger partial charge in [0.25, 0.3) is 0 Å². The van der Waals surface area contributed by atoms with Crippen LogP contribution in [0.25, 0.3) is 10.8 Å². The molecule has 0 atom stereocenters. The lowest BCUT2D eigenvalue weighted by Gasteiger charge is -2.08. The van der Waals surface area contributed by atoms with Gasteiger partial charge in [-0.15, -0.1) is 21.5 Å². The zero-order valence-electron chi connectivity index (χ0n) is 10.1. The molecular formula is C14H12ClN3S. The quantitative estimate of drug-likeness (QED) is 0.789. The Morgan fingerprint density at radius 2 is 1.89 bits per heavy atom. The molecular weight excluding hydrogens is 278 g/mol. The Bertz CT molecular complexity index is 682. The second kappa shape index (κ2) is 5.55. The van der Waals surface area contributed by atoms with Crippen molar-refractivity contribution in [3.05, 3.63) is 51.8 Å². The fourth-order valence-electron chi connectivity index (χ4n) is 1.96. The third-order valence-electron chi connectivity index (χ3n) is 2.89. The van der Waals surface area contributed by atoms with Crippen molar-refractivity contribution in [3.8, 4) is 0 Å². The number of hydrogen-bond acceptors (Lipinski definition) is 4. The molecule has 19 heavy (non-hydrogen) atoms. The molecule has 1 N–H and O–H groups in total. The summed E-state index contributed by atoms with van der Waals surface area (Å²) in [5, 5.41) is 15.9. The van der Waals surface area contributed by atoms with Gasteiger partial charge in [0.15, 0.2) is 11.0 Å². The zero-order chi connectivity index (χ0) is 13.1. The van der Waals surface area contributed by atoms with E-state index in [1.165, 1.54) is 4.88 Å². The second-order valence-corrected chi connectivity index (χ2v) is 5.53. The van der Waals surface area contributed by atoms with Crippen molar-refractivity contribution in [2.45, 2.75) is 6.42 Å². The lowest BCUT2D eigenvalue weighted by Crippen LogP contribution is -2.07. The molecule has 2 heterocycles. The Kier molecular flexibility index (Phi) is 3.62. The van der Waals surface area contributed by atoms with Gasteiger partial charge in [-0.1, -0.05) is 41.9 Å². The Morgan fingerprint density at radius 1 is 1.05 bits per heavy atom. The highest BCUT2D eigenvalue weighted by atomic mass is 35.5. The SMILES string of the molecule is Clc1nnc(NCCc2cccs2)c2ccccc12. The van der Waals surface area contributed by atoms with Crippen molar-refractivity contribution in [1.29, 1.82) is 0 Å². The Hall–Kier alpha value is -1.65. The zero-order valence-corrected chi connectivity index (χ0v) is 11.7. The Labute approximate surface area is 120 Å². The monoisotopic (exact) mass is 289 g/mol. The summed E-state index contributed by atoms with van der Waals surface area (Å²) >= 11 is 7.81. The first-order chi connectivity index (χ1) is 9.34. The summed E-state index contributed by atoms with van der Waals surface area (Å²) in [5.41, 5.74) is 0. The highest BCUT2D eigenvalue weighted by molar-refractivity contribution is 7.09. The third-order valence-corrected chi connectivity index (χ3v) is 4.10. The van der Waals surface area contributed by atoms with Crippen molar-refractivity contribution in [2.75, 3.05) is 11.9 Å². The van der Waals surface area contributed by atoms with E-state index in [2.05, 4.69) is 33.0 Å². The molecule has 0 fully saturated rings. The molecule has 0 aliphatic rings. The van der Waals surface area contributed by atoms with Gasteiger partial charge in [-0.25, -0.2) is 0 Å². The van der Waals surface area contributed by atoms with Crippen molar-refractivity contribution in [1.82, 2.24) is 10.2 Å². The molecule has 3 rings (SSSR count). The average molecular weight is 290 g/mol. The molecule has 0 unspecified atom stereocenters. The van der Waals surface area contributed by atoms with Crippen LogP contribution in [-0.2, 0) is 6.42 Å². The minimum atomic E-state index is 0.444. The van der Waals surface area contributed by atoms with Crippen molar-refractivity contribution in [2.24, 2.45) is 0 Å². The Morgan fingerprint density at radius 3 is 2.68 bits per heavy atom. The van der Waals surface area contributed by atoms with Gasteiger partial charge in [0.2, 0.25) is 0 Å². The summed E-state index contributed by atoms with van der Waals surface area (Å²) in [7, 11) is 0. The van der Waals surface area contributed by atoms with E-state index >= 15 is 0 Å². The predicted molar refractivity (Wildman–Crippen MR) is 81.1 cm³/mol. The molecule has 3 nitrogen and oxygen atoms in total. The molecule has 0 amide bonds. The summed E-state index contributed by atoms with van der Waals surface area (Å²) in [5.74, 6) is 0.788. The summed E-state index contributed by atoms with van der Waals surface area (Å²) in [6.07, 6.45) is 0.982. The van der Waals surface area contributed by atoms with Crippen LogP contribution in [0.1, 0.15) is 4.88 Å². The average Bonchev–Trinajstić information content (AvgIpc) is 2.95. The van der Waals surface area contributed by atoms with E-state index in [-0.39, 0.29) is 0 Å². The molecule has 0 aliphatic heterocycles. The summed E-state index contributed by atoms with van der Waals surface area (Å²) in [6, 6.07) is 12.1. The van der Waals surface area contributed by atoms with Crippen LogP contribution in [0, 0.1) is 0 Å². The highest BCUT2D eigenvalue weighted by Crippen LogP contribution is 2.25. The number of aromatic nitrogens is 2. The molecule has 96 valence electrons. The van der Waals surface area contributed by atoms with E-state index in [0.717, 1.165) is 29.6 Å². The second-order valence-electron chi connectivity index (χ2n) is 4.14. The van der Waals surface area contributed by atoms with Crippen molar-refractivity contribution in [3.63, 3.8) is 0 Å². The first-order valence-corrected chi connectivity index (χ1v) is 7.27. The van der Waals surface area contributed by atoms with Crippen LogP contribution in [0.4, 0.5) is 5.82 Å². The molecule has 0 spiro atoms. The highest BCUT2D eigenvalue weighted by Gasteiger charge is 2.06. The van der Waals surface area contributed by atoms with Gasteiger partial charge in [-0.3, -0.25) is 0 Å². The van der Waals surface area contributed by atoms with E-state index < -0.39 is 0 Å². The van der Waals surface area contributed by atoms with Crippen LogP contribution in [0.5, 0.6) is 0 Å². The number of fused-ring (bicyclic) bond motifs is 1. The topological polar surface area (TPSA) is 37.8 Å². The normalized spacial score (nSPS) is 10.8. The fraction of sp³-hybridized carbons (Fsp3) is 0.143. The molecule has 0 bridgehead atoms. The van der Waals surface area contributed by atoms with E-state index in [0.29, 0.717) is 5.15 Å². The lowest BCUT2D eigenvalue weighted by atomic mass is 10.2. The van der Waals surface area contributed by atoms with Crippen LogP contribution < -0.4 is 5.32 Å². The van der Waals surface area contributed by atoms with Crippen molar-refractivity contribution < 1.29 is 0 Å². The van der Waals surface area contributed by atoms with E-state index in [4.69, 9.17) is 11.6 Å². The summed E-state index contributed by atoms with van der Waals surface area (Å²) < 4.78 is 0. The van der Waals surface area contributed by atoms with E-state index in [9.17, 15) is 0 Å². The Balaban J connectivity index is 1.79. The maximum absolute atomic E-state index is 6.04. The van der Waals surface area contributed by atoms with Gasteiger partial charge >= 0.3 is 0 Å². The molecule has 0 saturated heterocycles. The number of rotatable bonds is 4. The first-order valence-electron chi connectivity index (χ1n) is 6.02. The van der Waals surface area contributed by atoms with Gasteiger partial charge < -0.3 is 5.32 Å². The van der Waals surface area contributed by atoms with Crippen LogP contribution in [-0.4, -0.2) is 16.7 Å². The number of anilines is 1. The number of benzene rings is 1. The number of nitrogens with zero attached hydrogens (tertiary/aromatic N) is 2. The number of halogens is 1. The van der Waals surface area contributed by atoms with E-state index in [1.807, 2.05) is 24.3 Å². The summed E-state index contributed by atoms with van der Waals surface area (Å²) in [6.45, 7) is 0.834. The maximum atomic E-state index is 6.04. The number of hydrogen-bond donors (Lipinski definition) is 1. The third kappa shape index (κ3) is 2.69. The van der Waals surface area contributed by atoms with Crippen LogP contribution in [0.3, 0.4) is 0 Å². The van der Waals surface area contributed by atoms with Crippen LogP contribution >= 0.6 is 22.9 Å². The first kappa shape index (κ1) is 12.4. The van der Waals surface area contributed by atoms with Crippen LogP contribution in [0.15, 0.2) is 41.8 Å². The molecule has 1 aromatic carbocycles. The number of nitrogens with one attached hydrogen (secondary N) is 1. The van der Waals surface area contributed by atoms with Crippen LogP contribution in [0.2, 0.25) is 5.15 Å². The standard InChI is InChI=1S/C14H12ClN3S/c15-13-11-5-1-2-6-12(11)14(18-17-13)16-8-7-10-4-3-9-19-10/h1-6,9H,7-8H2,(H,16,18). The van der Waals surface area contributed by atoms with Gasteiger partial charge in [-0.2, -0.15) is 0 Å². The maximum Gasteiger partial charge on any atom is 0.159 e.